The van der Waals surface area contributed by atoms with E-state index >= 15 is 0 Å². The minimum Gasteiger partial charge on any atom is -0.310 e. The highest BCUT2D eigenvalue weighted by atomic mass is 32.2. The predicted molar refractivity (Wildman–Crippen MR) is 256 cm³/mol. The zero-order chi connectivity index (χ0) is 40.1. The molecule has 0 amide bonds. The molecule has 9 aromatic carbocycles. The van der Waals surface area contributed by atoms with Crippen LogP contribution in [0.1, 0.15) is 55.0 Å². The van der Waals surface area contributed by atoms with E-state index < -0.39 is 5.41 Å². The normalized spacial score (nSPS) is 16.9. The summed E-state index contributed by atoms with van der Waals surface area (Å²) in [4.78, 5) is 2.39. The molecule has 2 aliphatic carbocycles. The molecule has 0 fully saturated rings. The van der Waals surface area contributed by atoms with E-state index in [2.05, 4.69) is 241 Å². The van der Waals surface area contributed by atoms with Crippen molar-refractivity contribution < 1.29 is 0 Å². The van der Waals surface area contributed by atoms with Gasteiger partial charge in [0, 0.05) is 16.9 Å². The zero-order valence-electron chi connectivity index (χ0n) is 33.4. The Morgan fingerprint density at radius 1 is 0.328 bits per heavy atom. The van der Waals surface area contributed by atoms with E-state index in [-0.39, 0.29) is 10.5 Å². The molecule has 13 rings (SSSR count). The number of hydrogen-bond acceptors (Lipinski definition) is 2. The summed E-state index contributed by atoms with van der Waals surface area (Å²) in [6, 6.07) is 84.0. The lowest BCUT2D eigenvalue weighted by molar-refractivity contribution is 0.767. The highest BCUT2D eigenvalue weighted by Gasteiger charge is 2.52. The van der Waals surface area contributed by atoms with Crippen molar-refractivity contribution in [1.29, 1.82) is 0 Å². The minimum absolute atomic E-state index is 0.167. The number of thioether (sulfide) groups is 1. The molecule has 1 spiro atoms. The molecule has 0 saturated heterocycles. The lowest BCUT2D eigenvalue weighted by Gasteiger charge is -2.37. The summed E-state index contributed by atoms with van der Waals surface area (Å²) in [6.07, 6.45) is 0. The van der Waals surface area contributed by atoms with Gasteiger partial charge in [-0.25, -0.2) is 0 Å². The maximum atomic E-state index is 2.52. The fraction of sp³-hybridized carbons (Fsp3) is 0.0508. The second kappa shape index (κ2) is 13.4. The van der Waals surface area contributed by atoms with E-state index in [9.17, 15) is 0 Å². The Labute approximate surface area is 361 Å². The van der Waals surface area contributed by atoms with E-state index in [0.717, 1.165) is 17.1 Å². The lowest BCUT2D eigenvalue weighted by atomic mass is 9.64. The van der Waals surface area contributed by atoms with Crippen LogP contribution in [0.25, 0.3) is 44.5 Å². The molecule has 0 N–H and O–H groups in total. The number of hydrogen-bond donors (Lipinski definition) is 0. The van der Waals surface area contributed by atoms with Crippen LogP contribution in [0.4, 0.5) is 17.1 Å². The van der Waals surface area contributed by atoms with Crippen LogP contribution >= 0.6 is 11.8 Å². The molecule has 286 valence electrons. The van der Waals surface area contributed by atoms with Crippen LogP contribution in [0, 0.1) is 0 Å². The van der Waals surface area contributed by atoms with Crippen LogP contribution in [0.2, 0.25) is 0 Å². The summed E-state index contributed by atoms with van der Waals surface area (Å²) < 4.78 is 0. The van der Waals surface area contributed by atoms with Crippen molar-refractivity contribution in [2.75, 3.05) is 4.90 Å². The fourth-order valence-corrected chi connectivity index (χ4v) is 13.1. The van der Waals surface area contributed by atoms with Crippen molar-refractivity contribution in [2.45, 2.75) is 15.9 Å². The van der Waals surface area contributed by atoms with Crippen LogP contribution in [-0.4, -0.2) is 0 Å². The largest absolute Gasteiger partial charge is 0.310 e. The van der Waals surface area contributed by atoms with Crippen LogP contribution in [0.15, 0.2) is 224 Å². The maximum Gasteiger partial charge on any atom is 0.0725 e. The van der Waals surface area contributed by atoms with Crippen LogP contribution < -0.4 is 4.90 Å². The molecule has 0 saturated carbocycles. The topological polar surface area (TPSA) is 3.24 Å². The maximum absolute atomic E-state index is 2.52. The fourth-order valence-electron chi connectivity index (χ4n) is 11.3. The highest BCUT2D eigenvalue weighted by Crippen LogP contribution is 2.71. The number of nitrogens with zero attached hydrogens (tertiary/aromatic N) is 1. The number of benzene rings is 9. The molecule has 2 unspecified atom stereocenters. The average Bonchev–Trinajstić information content (AvgIpc) is 4.00. The summed E-state index contributed by atoms with van der Waals surface area (Å²) in [7, 11) is 0. The van der Waals surface area contributed by atoms with Gasteiger partial charge in [-0.15, -0.1) is 11.8 Å². The van der Waals surface area contributed by atoms with E-state index in [1.54, 1.807) is 0 Å². The molecule has 1 nitrogen and oxygen atoms in total. The van der Waals surface area contributed by atoms with Gasteiger partial charge in [-0.1, -0.05) is 188 Å². The first-order valence-corrected chi connectivity index (χ1v) is 22.3. The van der Waals surface area contributed by atoms with Crippen LogP contribution in [-0.2, 0) is 5.41 Å². The third kappa shape index (κ3) is 4.85. The smallest absolute Gasteiger partial charge is 0.0725 e. The van der Waals surface area contributed by atoms with E-state index in [1.807, 2.05) is 0 Å². The van der Waals surface area contributed by atoms with Crippen molar-refractivity contribution in [1.82, 2.24) is 0 Å². The van der Waals surface area contributed by atoms with Crippen LogP contribution in [0.5, 0.6) is 0 Å². The number of para-hydroxylation sites is 3. The van der Waals surface area contributed by atoms with Gasteiger partial charge in [0.2, 0.25) is 0 Å². The van der Waals surface area contributed by atoms with Crippen molar-refractivity contribution in [3.05, 3.63) is 269 Å². The van der Waals surface area contributed by atoms with Crippen molar-refractivity contribution in [3.8, 4) is 33.4 Å². The molecular formula is C59H39NS. The van der Waals surface area contributed by atoms with E-state index in [4.69, 9.17) is 0 Å². The standard InChI is InChI=1S/C59H39NS/c1-3-19-39(20-4-1)60(40-21-5-2-6-22-40)54-34-18-13-23-41(54)38-35-36-47-49(37-38)58-56-48-29-12-17-33-53(48)59(51-31-15-10-26-44(51)45-27-11-16-32-52(45)59)50-30-14-9-25-43(50)42-24-7-8-28-46(42)55(56)57(47)61-58/h1-37,57-58H. The predicted octanol–water partition coefficient (Wildman–Crippen LogP) is 15.6. The van der Waals surface area contributed by atoms with Crippen molar-refractivity contribution in [2.24, 2.45) is 0 Å². The van der Waals surface area contributed by atoms with Gasteiger partial charge in [0.1, 0.15) is 0 Å². The monoisotopic (exact) mass is 793 g/mol. The Kier molecular flexibility index (Phi) is 7.65. The first-order chi connectivity index (χ1) is 30.3. The van der Waals surface area contributed by atoms with Gasteiger partial charge in [-0.05, 0) is 120 Å². The molecule has 2 aliphatic heterocycles. The van der Waals surface area contributed by atoms with Gasteiger partial charge >= 0.3 is 0 Å². The molecule has 2 heteroatoms. The van der Waals surface area contributed by atoms with Gasteiger partial charge in [0.25, 0.3) is 0 Å². The van der Waals surface area contributed by atoms with Gasteiger partial charge in [0.05, 0.1) is 21.6 Å². The molecule has 4 aliphatic rings. The average molecular weight is 794 g/mol. The lowest BCUT2D eigenvalue weighted by Crippen LogP contribution is -2.30. The van der Waals surface area contributed by atoms with Gasteiger partial charge in [-0.3, -0.25) is 0 Å². The Hall–Kier alpha value is -7.13. The van der Waals surface area contributed by atoms with Crippen molar-refractivity contribution in [3.63, 3.8) is 0 Å². The second-order valence-electron chi connectivity index (χ2n) is 16.6. The Morgan fingerprint density at radius 3 is 1.33 bits per heavy atom. The Bertz CT molecular complexity index is 3170. The Balaban J connectivity index is 1.06. The first-order valence-electron chi connectivity index (χ1n) is 21.3. The number of anilines is 3. The SMILES string of the molecule is c1ccc(N(c2ccccc2)c2ccccc2-c2ccc3c(c2)C2SC3C3=C2c2ccccc2C2(c4ccccc4-c4ccccc43)c3ccccc3-c3ccccc32)cc1. The molecule has 2 bridgehead atoms. The molecule has 9 aromatic rings. The van der Waals surface area contributed by atoms with Gasteiger partial charge in [0.15, 0.2) is 0 Å². The molecule has 61 heavy (non-hydrogen) atoms. The molecule has 2 atom stereocenters. The third-order valence-electron chi connectivity index (χ3n) is 13.6. The quantitative estimate of drug-likeness (QED) is 0.175. The highest BCUT2D eigenvalue weighted by molar-refractivity contribution is 8.01. The minimum atomic E-state index is -0.523. The summed E-state index contributed by atoms with van der Waals surface area (Å²) in [6.45, 7) is 0. The van der Waals surface area contributed by atoms with E-state index in [1.165, 1.54) is 89.0 Å². The Morgan fingerprint density at radius 2 is 0.738 bits per heavy atom. The molecule has 0 radical (unpaired) electrons. The third-order valence-corrected chi connectivity index (χ3v) is 15.2. The molecule has 2 heterocycles. The second-order valence-corrected chi connectivity index (χ2v) is 17.8. The van der Waals surface area contributed by atoms with Crippen LogP contribution in [0.3, 0.4) is 0 Å². The first kappa shape index (κ1) is 34.7. The summed E-state index contributed by atoms with van der Waals surface area (Å²) in [5, 5.41) is 0.379. The van der Waals surface area contributed by atoms with Crippen molar-refractivity contribution >= 4 is 40.0 Å². The van der Waals surface area contributed by atoms with Gasteiger partial charge in [-0.2, -0.15) is 0 Å². The van der Waals surface area contributed by atoms with E-state index in [0.29, 0.717) is 0 Å². The molecular weight excluding hydrogens is 755 g/mol. The summed E-state index contributed by atoms with van der Waals surface area (Å²) >= 11 is 2.13. The number of rotatable bonds is 4. The summed E-state index contributed by atoms with van der Waals surface area (Å²) in [5.74, 6) is 0. The van der Waals surface area contributed by atoms with Gasteiger partial charge < -0.3 is 4.90 Å². The summed E-state index contributed by atoms with van der Waals surface area (Å²) in [5.41, 5.74) is 24.5. The number of fused-ring (bicyclic) bond motifs is 20. The molecule has 0 aromatic heterocycles. The zero-order valence-corrected chi connectivity index (χ0v) is 34.2.